The largest absolute Gasteiger partial charge is 0.494 e. The normalized spacial score (nSPS) is 14.9. The Hall–Kier alpha value is -2.94. The zero-order valence-electron chi connectivity index (χ0n) is 18.5. The third-order valence-electron chi connectivity index (χ3n) is 5.30. The summed E-state index contributed by atoms with van der Waals surface area (Å²) in [6.45, 7) is 2.30. The van der Waals surface area contributed by atoms with Crippen molar-refractivity contribution >= 4 is 73.1 Å². The fourth-order valence-corrected chi connectivity index (χ4v) is 4.72. The summed E-state index contributed by atoms with van der Waals surface area (Å²) < 4.78 is 7.41. The smallest absolute Gasteiger partial charge is 0.335 e. The molecule has 0 aromatic heterocycles. The van der Waals surface area contributed by atoms with E-state index in [1.54, 1.807) is 36.4 Å². The molecule has 178 valence electrons. The quantitative estimate of drug-likeness (QED) is 0.252. The Labute approximate surface area is 224 Å². The van der Waals surface area contributed by atoms with Crippen molar-refractivity contribution in [2.75, 3.05) is 11.5 Å². The van der Waals surface area contributed by atoms with Crippen molar-refractivity contribution in [3.05, 3.63) is 96.9 Å². The molecule has 0 spiro atoms. The van der Waals surface area contributed by atoms with Crippen molar-refractivity contribution in [2.24, 2.45) is 0 Å². The van der Waals surface area contributed by atoms with Gasteiger partial charge in [0.15, 0.2) is 0 Å². The monoisotopic (exact) mass is 616 g/mol. The number of halogens is 3. The molecule has 1 N–H and O–H groups in total. The zero-order valence-corrected chi connectivity index (χ0v) is 22.4. The van der Waals surface area contributed by atoms with Crippen molar-refractivity contribution in [1.82, 2.24) is 5.32 Å². The zero-order chi connectivity index (χ0) is 25.1. The number of barbiturate groups is 1. The number of amides is 4. The number of rotatable bonds is 6. The van der Waals surface area contributed by atoms with Crippen molar-refractivity contribution in [3.63, 3.8) is 0 Å². The van der Waals surface area contributed by atoms with Gasteiger partial charge < -0.3 is 4.74 Å². The van der Waals surface area contributed by atoms with Gasteiger partial charge in [-0.25, -0.2) is 9.69 Å². The van der Waals surface area contributed by atoms with E-state index < -0.39 is 17.8 Å². The van der Waals surface area contributed by atoms with Gasteiger partial charge in [-0.15, -0.1) is 0 Å². The lowest BCUT2D eigenvalue weighted by Crippen LogP contribution is -2.54. The van der Waals surface area contributed by atoms with Gasteiger partial charge in [-0.1, -0.05) is 61.7 Å². The number of hydrogen-bond acceptors (Lipinski definition) is 4. The summed E-state index contributed by atoms with van der Waals surface area (Å²) >= 11 is 13.3. The van der Waals surface area contributed by atoms with Crippen LogP contribution >= 0.6 is 43.5 Å². The van der Waals surface area contributed by atoms with E-state index in [0.29, 0.717) is 35.1 Å². The fourth-order valence-electron chi connectivity index (χ4n) is 3.65. The average molecular weight is 619 g/mol. The molecule has 1 saturated heterocycles. The Morgan fingerprint density at radius 1 is 1.03 bits per heavy atom. The number of carbonyl (C=O) groups excluding carboxylic acids is 3. The lowest BCUT2D eigenvalue weighted by molar-refractivity contribution is -0.122. The number of imide groups is 2. The number of nitrogens with one attached hydrogen (secondary N) is 1. The summed E-state index contributed by atoms with van der Waals surface area (Å²) in [5, 5.41) is 2.89. The summed E-state index contributed by atoms with van der Waals surface area (Å²) in [6, 6.07) is 17.0. The van der Waals surface area contributed by atoms with Crippen LogP contribution < -0.4 is 15.0 Å². The van der Waals surface area contributed by atoms with Gasteiger partial charge in [0.25, 0.3) is 11.8 Å². The third-order valence-corrected chi connectivity index (χ3v) is 6.90. The van der Waals surface area contributed by atoms with Gasteiger partial charge in [0.05, 0.1) is 12.3 Å². The number of ether oxygens (including phenoxy) is 1. The molecule has 0 saturated carbocycles. The first kappa shape index (κ1) is 25.2. The molecule has 1 aliphatic rings. The van der Waals surface area contributed by atoms with Crippen LogP contribution in [-0.4, -0.2) is 24.5 Å². The van der Waals surface area contributed by atoms with Gasteiger partial charge in [-0.2, -0.15) is 0 Å². The van der Waals surface area contributed by atoms with Crippen molar-refractivity contribution in [3.8, 4) is 5.75 Å². The average Bonchev–Trinajstić information content (AvgIpc) is 2.81. The van der Waals surface area contributed by atoms with Crippen molar-refractivity contribution in [1.29, 1.82) is 0 Å². The van der Waals surface area contributed by atoms with E-state index in [1.165, 1.54) is 6.08 Å². The minimum absolute atomic E-state index is 0.166. The minimum Gasteiger partial charge on any atom is -0.494 e. The summed E-state index contributed by atoms with van der Waals surface area (Å²) in [4.78, 5) is 39.1. The highest BCUT2D eigenvalue weighted by molar-refractivity contribution is 9.10. The molecule has 0 atom stereocenters. The lowest BCUT2D eigenvalue weighted by Gasteiger charge is -2.26. The highest BCUT2D eigenvalue weighted by atomic mass is 79.9. The Morgan fingerprint density at radius 2 is 1.74 bits per heavy atom. The Morgan fingerprint density at radius 3 is 2.43 bits per heavy atom. The van der Waals surface area contributed by atoms with E-state index >= 15 is 0 Å². The Bertz CT molecular complexity index is 1360. The maximum Gasteiger partial charge on any atom is 0.335 e. The van der Waals surface area contributed by atoms with E-state index in [0.717, 1.165) is 25.0 Å². The molecule has 6 nitrogen and oxygen atoms in total. The van der Waals surface area contributed by atoms with E-state index in [9.17, 15) is 14.4 Å². The van der Waals surface area contributed by atoms with Gasteiger partial charge in [0.2, 0.25) is 0 Å². The Kier molecular flexibility index (Phi) is 7.74. The fraction of sp³-hybridized carbons (Fsp3) is 0.115. The second-order valence-electron chi connectivity index (χ2n) is 7.61. The first-order valence-electron chi connectivity index (χ1n) is 10.6. The molecule has 35 heavy (non-hydrogen) atoms. The summed E-state index contributed by atoms with van der Waals surface area (Å²) in [5.41, 5.74) is 2.56. The number of benzene rings is 3. The third kappa shape index (κ3) is 5.50. The predicted octanol–water partition coefficient (Wildman–Crippen LogP) is 6.52. The molecule has 4 amide bonds. The summed E-state index contributed by atoms with van der Waals surface area (Å²) in [5.74, 6) is -0.879. The molecule has 4 rings (SSSR count). The van der Waals surface area contributed by atoms with E-state index in [2.05, 4.69) is 37.2 Å². The molecule has 1 fully saturated rings. The summed E-state index contributed by atoms with van der Waals surface area (Å²) in [6.07, 6.45) is 1.97. The molecule has 1 heterocycles. The second-order valence-corrected chi connectivity index (χ2v) is 9.79. The van der Waals surface area contributed by atoms with Gasteiger partial charge in [-0.05, 0) is 66.6 Å². The highest BCUT2D eigenvalue weighted by Gasteiger charge is 2.36. The number of nitrogens with zero attached hydrogens (tertiary/aromatic N) is 1. The second kappa shape index (κ2) is 10.8. The molecular weight excluding hydrogens is 600 g/mol. The summed E-state index contributed by atoms with van der Waals surface area (Å²) in [7, 11) is 0. The molecular formula is C26H19Br2ClN2O4. The number of urea groups is 1. The van der Waals surface area contributed by atoms with Crippen molar-refractivity contribution in [2.45, 2.75) is 13.3 Å². The molecule has 3 aromatic rings. The first-order valence-corrected chi connectivity index (χ1v) is 12.6. The van der Waals surface area contributed by atoms with Crippen LogP contribution in [0.4, 0.5) is 10.5 Å². The van der Waals surface area contributed by atoms with Gasteiger partial charge in [0.1, 0.15) is 11.3 Å². The van der Waals surface area contributed by atoms with Crippen LogP contribution in [0, 0.1) is 0 Å². The molecule has 0 unspecified atom stereocenters. The molecule has 0 aliphatic carbocycles. The topological polar surface area (TPSA) is 75.7 Å². The molecule has 0 bridgehead atoms. The maximum atomic E-state index is 13.2. The predicted molar refractivity (Wildman–Crippen MR) is 143 cm³/mol. The number of carbonyl (C=O) groups is 3. The number of hydrogen-bond donors (Lipinski definition) is 1. The molecule has 1 aliphatic heterocycles. The van der Waals surface area contributed by atoms with E-state index in [1.807, 2.05) is 31.2 Å². The van der Waals surface area contributed by atoms with Crippen LogP contribution in [0.15, 0.2) is 75.2 Å². The van der Waals surface area contributed by atoms with E-state index in [4.69, 9.17) is 16.3 Å². The SMILES string of the molecule is CCOc1cc(/C=C2\C(=O)NC(=O)N(c3ccc(Br)cc3)C2=O)cc(Br)c1Cc1ccccc1Cl. The van der Waals surface area contributed by atoms with Crippen LogP contribution in [0.3, 0.4) is 0 Å². The van der Waals surface area contributed by atoms with Crippen LogP contribution in [0.2, 0.25) is 5.02 Å². The lowest BCUT2D eigenvalue weighted by atomic mass is 10.0. The van der Waals surface area contributed by atoms with Gasteiger partial charge in [-0.3, -0.25) is 14.9 Å². The van der Waals surface area contributed by atoms with Crippen LogP contribution in [0.5, 0.6) is 5.75 Å². The standard InChI is InChI=1S/C26H19Br2ClN2O4/c1-2-35-23-13-15(12-21(28)19(23)14-16-5-3-4-6-22(16)29)11-20-24(32)30-26(34)31(25(20)33)18-9-7-17(27)8-10-18/h3-13H,2,14H2,1H3,(H,30,32,34)/b20-11+. The van der Waals surface area contributed by atoms with E-state index in [-0.39, 0.29) is 5.57 Å². The van der Waals surface area contributed by atoms with Crippen molar-refractivity contribution < 1.29 is 19.1 Å². The van der Waals surface area contributed by atoms with Crippen LogP contribution in [0.25, 0.3) is 6.08 Å². The molecule has 9 heteroatoms. The van der Waals surface area contributed by atoms with Gasteiger partial charge >= 0.3 is 6.03 Å². The van der Waals surface area contributed by atoms with Crippen LogP contribution in [-0.2, 0) is 16.0 Å². The Balaban J connectivity index is 1.72. The minimum atomic E-state index is -0.800. The first-order chi connectivity index (χ1) is 16.8. The van der Waals surface area contributed by atoms with Gasteiger partial charge in [0, 0.05) is 26.0 Å². The molecule has 3 aromatic carbocycles. The maximum absolute atomic E-state index is 13.2. The van der Waals surface area contributed by atoms with Crippen LogP contribution in [0.1, 0.15) is 23.6 Å². The highest BCUT2D eigenvalue weighted by Crippen LogP contribution is 2.34. The number of anilines is 1. The molecule has 0 radical (unpaired) electrons.